The van der Waals surface area contributed by atoms with Gasteiger partial charge in [-0.3, -0.25) is 14.5 Å². The molecule has 3 aromatic rings. The number of fused-ring (bicyclic) bond motifs is 1. The standard InChI is InChI=1S/C41H52F7N5O2Si/c1-25-15-30(42)11-12-33(25)34-19-36(53-23-31-21-51(26(2)54)13-14-52(31)22-32(53)24-56(9,10)38(3,4)5)49-20-35(34)50(8)37(55)39(6,7)27-16-28(40(43,44)45)18-29(17-27)41(46,47)48/h11-12,15-20,31-32H,13-14,21-24H2,1-10H3. The first-order chi connectivity index (χ1) is 25.6. The van der Waals surface area contributed by atoms with Gasteiger partial charge in [-0.1, -0.05) is 39.9 Å². The summed E-state index contributed by atoms with van der Waals surface area (Å²) in [6.07, 6.45) is -8.69. The van der Waals surface area contributed by atoms with Gasteiger partial charge in [0, 0.05) is 64.3 Å². The van der Waals surface area contributed by atoms with E-state index in [2.05, 4.69) is 43.7 Å². The third-order valence-corrected chi connectivity index (χ3v) is 17.8. The molecule has 2 aliphatic heterocycles. The molecule has 0 N–H and O–H groups in total. The molecule has 2 unspecified atom stereocenters. The van der Waals surface area contributed by atoms with E-state index in [1.54, 1.807) is 19.9 Å². The number of nitrogens with zero attached hydrogens (tertiary/aromatic N) is 5. The molecule has 5 rings (SSSR count). The smallest absolute Gasteiger partial charge is 0.351 e. The zero-order valence-electron chi connectivity index (χ0n) is 33.7. The predicted octanol–water partition coefficient (Wildman–Crippen LogP) is 9.40. The number of aromatic nitrogens is 1. The lowest BCUT2D eigenvalue weighted by Gasteiger charge is -2.53. The molecule has 15 heteroatoms. The van der Waals surface area contributed by atoms with E-state index in [-0.39, 0.29) is 34.8 Å². The number of halogens is 7. The van der Waals surface area contributed by atoms with Gasteiger partial charge in [-0.2, -0.15) is 26.3 Å². The first kappa shape index (κ1) is 43.1. The monoisotopic (exact) mass is 807 g/mol. The van der Waals surface area contributed by atoms with Crippen LogP contribution in [0, 0.1) is 12.7 Å². The second kappa shape index (κ2) is 15.1. The van der Waals surface area contributed by atoms with E-state index in [4.69, 9.17) is 4.98 Å². The zero-order chi connectivity index (χ0) is 41.9. The van der Waals surface area contributed by atoms with Gasteiger partial charge in [0.05, 0.1) is 36.5 Å². The quantitative estimate of drug-likeness (QED) is 0.176. The molecule has 0 radical (unpaired) electrons. The second-order valence-electron chi connectivity index (χ2n) is 17.6. The van der Waals surface area contributed by atoms with E-state index in [1.165, 1.54) is 44.1 Å². The molecule has 0 aliphatic carbocycles. The van der Waals surface area contributed by atoms with Crippen LogP contribution in [0.2, 0.25) is 24.2 Å². The number of anilines is 2. The normalized spacial score (nSPS) is 18.9. The number of hydrogen-bond donors (Lipinski definition) is 0. The van der Waals surface area contributed by atoms with E-state index in [0.29, 0.717) is 54.3 Å². The molecule has 7 nitrogen and oxygen atoms in total. The van der Waals surface area contributed by atoms with Crippen molar-refractivity contribution in [3.8, 4) is 11.1 Å². The molecule has 3 heterocycles. The van der Waals surface area contributed by atoms with Crippen molar-refractivity contribution < 1.29 is 40.3 Å². The number of rotatable bonds is 7. The Hall–Kier alpha value is -3.98. The van der Waals surface area contributed by atoms with E-state index in [0.717, 1.165) is 19.1 Å². The first-order valence-electron chi connectivity index (χ1n) is 18.7. The SMILES string of the molecule is CC(=O)N1CCN2CC(C[Si](C)(C)C(C)(C)C)N(c3cc(-c4ccc(F)cc4C)c(N(C)C(=O)C(C)(C)c4cc(C(F)(F)F)cc(C(F)(F)F)c4)cn3)CC2C1. The molecule has 1 aromatic heterocycles. The molecule has 2 saturated heterocycles. The van der Waals surface area contributed by atoms with Gasteiger partial charge in [0.15, 0.2) is 0 Å². The molecule has 2 amide bonds. The molecular weight excluding hydrogens is 756 g/mol. The Bertz CT molecular complexity index is 1940. The van der Waals surface area contributed by atoms with Crippen LogP contribution in [-0.2, 0) is 27.4 Å². The summed E-state index contributed by atoms with van der Waals surface area (Å²) in [6, 6.07) is 8.26. The predicted molar refractivity (Wildman–Crippen MR) is 208 cm³/mol. The Morgan fingerprint density at radius 3 is 1.96 bits per heavy atom. The van der Waals surface area contributed by atoms with Crippen LogP contribution in [-0.4, -0.2) is 86.5 Å². The van der Waals surface area contributed by atoms with Crippen molar-refractivity contribution in [1.29, 1.82) is 0 Å². The van der Waals surface area contributed by atoms with Crippen molar-refractivity contribution in [2.45, 2.75) is 102 Å². The highest BCUT2D eigenvalue weighted by molar-refractivity contribution is 6.80. The fourth-order valence-corrected chi connectivity index (χ4v) is 9.80. The van der Waals surface area contributed by atoms with Crippen LogP contribution in [0.4, 0.5) is 42.2 Å². The summed E-state index contributed by atoms with van der Waals surface area (Å²) in [5, 5.41) is 0.0902. The number of alkyl halides is 6. The molecule has 0 spiro atoms. The minimum atomic E-state index is -5.09. The summed E-state index contributed by atoms with van der Waals surface area (Å²) in [5.74, 6) is -0.651. The molecular formula is C41H52F7N5O2Si. The van der Waals surface area contributed by atoms with Gasteiger partial charge in [0.1, 0.15) is 11.6 Å². The fourth-order valence-electron chi connectivity index (χ4n) is 7.66. The largest absolute Gasteiger partial charge is 0.416 e. The Balaban J connectivity index is 1.63. The minimum absolute atomic E-state index is 0.00605. The van der Waals surface area contributed by atoms with E-state index in [1.807, 2.05) is 11.0 Å². The summed E-state index contributed by atoms with van der Waals surface area (Å²) in [5.41, 5.74) is -3.51. The molecule has 2 fully saturated rings. The highest BCUT2D eigenvalue weighted by Gasteiger charge is 2.45. The van der Waals surface area contributed by atoms with Crippen molar-refractivity contribution in [2.24, 2.45) is 0 Å². The summed E-state index contributed by atoms with van der Waals surface area (Å²) in [6.45, 7) is 20.7. The minimum Gasteiger partial charge on any atom is -0.351 e. The lowest BCUT2D eigenvalue weighted by Crippen LogP contribution is -2.66. The number of piperazine rings is 2. The number of benzene rings is 2. The van der Waals surface area contributed by atoms with Crippen LogP contribution in [0.3, 0.4) is 0 Å². The van der Waals surface area contributed by atoms with Crippen LogP contribution < -0.4 is 9.80 Å². The van der Waals surface area contributed by atoms with Gasteiger partial charge in [-0.15, -0.1) is 0 Å². The average molecular weight is 808 g/mol. The van der Waals surface area contributed by atoms with Crippen molar-refractivity contribution >= 4 is 31.4 Å². The van der Waals surface area contributed by atoms with Crippen LogP contribution >= 0.6 is 0 Å². The molecule has 56 heavy (non-hydrogen) atoms. The maximum atomic E-state index is 14.5. The van der Waals surface area contributed by atoms with E-state index >= 15 is 0 Å². The Morgan fingerprint density at radius 2 is 1.43 bits per heavy atom. The van der Waals surface area contributed by atoms with Gasteiger partial charge in [0.2, 0.25) is 11.8 Å². The summed E-state index contributed by atoms with van der Waals surface area (Å²) in [4.78, 5) is 39.4. The third-order valence-electron chi connectivity index (χ3n) is 12.3. The topological polar surface area (TPSA) is 60.0 Å². The second-order valence-corrected chi connectivity index (χ2v) is 23.2. The number of hydrogen-bond acceptors (Lipinski definition) is 5. The maximum Gasteiger partial charge on any atom is 0.416 e. The Morgan fingerprint density at radius 1 is 0.839 bits per heavy atom. The number of carbonyl (C=O) groups is 2. The van der Waals surface area contributed by atoms with Crippen molar-refractivity contribution in [2.75, 3.05) is 49.6 Å². The lowest BCUT2D eigenvalue weighted by atomic mass is 9.81. The van der Waals surface area contributed by atoms with E-state index in [9.17, 15) is 40.3 Å². The van der Waals surface area contributed by atoms with Gasteiger partial charge in [-0.25, -0.2) is 9.37 Å². The van der Waals surface area contributed by atoms with Crippen molar-refractivity contribution in [1.82, 2.24) is 14.8 Å². The first-order valence-corrected chi connectivity index (χ1v) is 21.9. The Kier molecular flexibility index (Phi) is 11.6. The molecule has 2 aliphatic rings. The molecule has 2 atom stereocenters. The summed E-state index contributed by atoms with van der Waals surface area (Å²) < 4.78 is 97.6. The van der Waals surface area contributed by atoms with Crippen LogP contribution in [0.25, 0.3) is 11.1 Å². The number of aryl methyl sites for hydroxylation is 1. The van der Waals surface area contributed by atoms with Crippen molar-refractivity contribution in [3.63, 3.8) is 0 Å². The van der Waals surface area contributed by atoms with Gasteiger partial charge < -0.3 is 14.7 Å². The van der Waals surface area contributed by atoms with Gasteiger partial charge in [0.25, 0.3) is 0 Å². The average Bonchev–Trinajstić information content (AvgIpc) is 3.08. The van der Waals surface area contributed by atoms with Crippen LogP contribution in [0.5, 0.6) is 0 Å². The molecule has 306 valence electrons. The van der Waals surface area contributed by atoms with Crippen LogP contribution in [0.1, 0.15) is 63.8 Å². The van der Waals surface area contributed by atoms with Gasteiger partial charge in [-0.05, 0) is 84.9 Å². The highest BCUT2D eigenvalue weighted by Crippen LogP contribution is 2.44. The number of likely N-dealkylation sites (N-methyl/N-ethyl adjacent to an activating group) is 1. The lowest BCUT2D eigenvalue weighted by molar-refractivity contribution is -0.143. The summed E-state index contributed by atoms with van der Waals surface area (Å²) >= 11 is 0. The number of pyridine rings is 1. The van der Waals surface area contributed by atoms with E-state index < -0.39 is 54.3 Å². The third kappa shape index (κ3) is 8.78. The van der Waals surface area contributed by atoms with Crippen LogP contribution in [0.15, 0.2) is 48.7 Å². The fraction of sp³-hybridized carbons (Fsp3) is 0.537. The van der Waals surface area contributed by atoms with Crippen molar-refractivity contribution in [3.05, 3.63) is 76.7 Å². The summed E-state index contributed by atoms with van der Waals surface area (Å²) in [7, 11) is -0.471. The maximum absolute atomic E-state index is 14.5. The number of amides is 2. The molecule has 0 bridgehead atoms. The number of carbonyl (C=O) groups excluding carboxylic acids is 2. The Labute approximate surface area is 325 Å². The molecule has 2 aromatic carbocycles. The van der Waals surface area contributed by atoms with Gasteiger partial charge >= 0.3 is 12.4 Å². The zero-order valence-corrected chi connectivity index (χ0v) is 34.7. The highest BCUT2D eigenvalue weighted by atomic mass is 28.3. The molecule has 0 saturated carbocycles.